The SMILES string of the molecule is O=C1/C(=C/c2cc(-c3ccc(Cl)cc3Cl)ccc2OCCN2CCOCC2)SC(=S)N1CCCOc1ccccc1. The number of benzene rings is 3. The molecule has 10 heteroatoms. The van der Waals surface area contributed by atoms with E-state index in [0.29, 0.717) is 51.2 Å². The molecule has 0 N–H and O–H groups in total. The second-order valence-electron chi connectivity index (χ2n) is 9.53. The van der Waals surface area contributed by atoms with Crippen molar-refractivity contribution in [1.29, 1.82) is 0 Å². The third-order valence-electron chi connectivity index (χ3n) is 6.72. The molecule has 0 spiro atoms. The van der Waals surface area contributed by atoms with Crippen LogP contribution in [-0.4, -0.2) is 72.6 Å². The number of hydrogen-bond acceptors (Lipinski definition) is 7. The summed E-state index contributed by atoms with van der Waals surface area (Å²) in [5.74, 6) is 1.38. The minimum Gasteiger partial charge on any atom is -0.494 e. The Bertz CT molecular complexity index is 1410. The molecular formula is C31H30Cl2N2O4S2. The zero-order valence-electron chi connectivity index (χ0n) is 22.4. The summed E-state index contributed by atoms with van der Waals surface area (Å²) in [6.07, 6.45) is 2.52. The van der Waals surface area contributed by atoms with E-state index in [-0.39, 0.29) is 5.91 Å². The molecule has 41 heavy (non-hydrogen) atoms. The first-order valence-corrected chi connectivity index (χ1v) is 15.4. The minimum atomic E-state index is -0.117. The number of amides is 1. The van der Waals surface area contributed by atoms with Gasteiger partial charge in [-0.1, -0.05) is 77.5 Å². The van der Waals surface area contributed by atoms with Gasteiger partial charge in [-0.15, -0.1) is 0 Å². The summed E-state index contributed by atoms with van der Waals surface area (Å²) in [6, 6.07) is 20.9. The summed E-state index contributed by atoms with van der Waals surface area (Å²) in [4.78, 5) is 17.9. The van der Waals surface area contributed by atoms with E-state index in [1.54, 1.807) is 11.0 Å². The van der Waals surface area contributed by atoms with Gasteiger partial charge in [0.15, 0.2) is 0 Å². The van der Waals surface area contributed by atoms with Crippen molar-refractivity contribution in [2.75, 3.05) is 52.6 Å². The van der Waals surface area contributed by atoms with Gasteiger partial charge in [0.05, 0.1) is 24.7 Å². The molecule has 2 saturated heterocycles. The van der Waals surface area contributed by atoms with E-state index in [0.717, 1.165) is 55.3 Å². The Morgan fingerprint density at radius 3 is 2.54 bits per heavy atom. The maximum Gasteiger partial charge on any atom is 0.266 e. The van der Waals surface area contributed by atoms with E-state index in [1.165, 1.54) is 11.8 Å². The van der Waals surface area contributed by atoms with Gasteiger partial charge >= 0.3 is 0 Å². The highest BCUT2D eigenvalue weighted by Crippen LogP contribution is 2.37. The fourth-order valence-electron chi connectivity index (χ4n) is 4.56. The van der Waals surface area contributed by atoms with Gasteiger partial charge in [0.2, 0.25) is 0 Å². The van der Waals surface area contributed by atoms with Crippen LogP contribution in [-0.2, 0) is 9.53 Å². The molecule has 6 nitrogen and oxygen atoms in total. The van der Waals surface area contributed by atoms with Gasteiger partial charge in [0.1, 0.15) is 22.4 Å². The van der Waals surface area contributed by atoms with Crippen LogP contribution >= 0.6 is 47.2 Å². The summed E-state index contributed by atoms with van der Waals surface area (Å²) < 4.78 is 18.0. The van der Waals surface area contributed by atoms with Crippen LogP contribution in [0.3, 0.4) is 0 Å². The molecule has 214 valence electrons. The highest BCUT2D eigenvalue weighted by molar-refractivity contribution is 8.26. The Hall–Kier alpha value is -2.59. The van der Waals surface area contributed by atoms with Crippen molar-refractivity contribution in [3.63, 3.8) is 0 Å². The summed E-state index contributed by atoms with van der Waals surface area (Å²) in [5, 5.41) is 1.12. The van der Waals surface area contributed by atoms with Crippen LogP contribution < -0.4 is 9.47 Å². The van der Waals surface area contributed by atoms with Crippen molar-refractivity contribution >= 4 is 63.5 Å². The lowest BCUT2D eigenvalue weighted by Crippen LogP contribution is -2.38. The summed E-state index contributed by atoms with van der Waals surface area (Å²) in [6.45, 7) is 5.55. The third-order valence-corrected chi connectivity index (χ3v) is 8.64. The van der Waals surface area contributed by atoms with Crippen molar-refractivity contribution in [1.82, 2.24) is 9.80 Å². The molecule has 0 saturated carbocycles. The number of carbonyl (C=O) groups is 1. The number of halogens is 2. The van der Waals surface area contributed by atoms with Crippen LogP contribution in [0.25, 0.3) is 17.2 Å². The topological polar surface area (TPSA) is 51.2 Å². The van der Waals surface area contributed by atoms with E-state index in [2.05, 4.69) is 4.90 Å². The Kier molecular flexibility index (Phi) is 10.6. The molecule has 2 fully saturated rings. The molecule has 0 radical (unpaired) electrons. The van der Waals surface area contributed by atoms with Gasteiger partial charge in [0, 0.05) is 47.4 Å². The molecule has 3 aromatic rings. The molecule has 0 unspecified atom stereocenters. The van der Waals surface area contributed by atoms with Crippen molar-refractivity contribution in [3.05, 3.63) is 87.2 Å². The second kappa shape index (κ2) is 14.5. The number of rotatable bonds is 11. The molecule has 1 amide bonds. The van der Waals surface area contributed by atoms with E-state index >= 15 is 0 Å². The van der Waals surface area contributed by atoms with Crippen molar-refractivity contribution in [3.8, 4) is 22.6 Å². The normalized spacial score (nSPS) is 16.9. The highest BCUT2D eigenvalue weighted by Gasteiger charge is 2.32. The van der Waals surface area contributed by atoms with Crippen molar-refractivity contribution in [2.45, 2.75) is 6.42 Å². The number of para-hydroxylation sites is 1. The lowest BCUT2D eigenvalue weighted by atomic mass is 10.0. The quantitative estimate of drug-likeness (QED) is 0.128. The maximum absolute atomic E-state index is 13.4. The molecule has 0 atom stereocenters. The monoisotopic (exact) mass is 628 g/mol. The number of morpholine rings is 1. The van der Waals surface area contributed by atoms with Crippen LogP contribution in [0, 0.1) is 0 Å². The van der Waals surface area contributed by atoms with E-state index < -0.39 is 0 Å². The summed E-state index contributed by atoms with van der Waals surface area (Å²) >= 11 is 19.5. The lowest BCUT2D eigenvalue weighted by molar-refractivity contribution is -0.122. The summed E-state index contributed by atoms with van der Waals surface area (Å²) in [7, 11) is 0. The molecule has 2 aliphatic rings. The average Bonchev–Trinajstić information content (AvgIpc) is 3.24. The second-order valence-corrected chi connectivity index (χ2v) is 12.0. The number of hydrogen-bond donors (Lipinski definition) is 0. The average molecular weight is 630 g/mol. The zero-order valence-corrected chi connectivity index (χ0v) is 25.5. The first kappa shape index (κ1) is 29.9. The molecular weight excluding hydrogens is 599 g/mol. The Morgan fingerprint density at radius 2 is 1.76 bits per heavy atom. The van der Waals surface area contributed by atoms with Crippen LogP contribution in [0.2, 0.25) is 10.0 Å². The number of nitrogens with zero attached hydrogens (tertiary/aromatic N) is 2. The number of thiocarbonyl (C=S) groups is 1. The summed E-state index contributed by atoms with van der Waals surface area (Å²) in [5.41, 5.74) is 2.52. The fourth-order valence-corrected chi connectivity index (χ4v) is 6.37. The van der Waals surface area contributed by atoms with Crippen LogP contribution in [0.4, 0.5) is 0 Å². The fraction of sp³-hybridized carbons (Fsp3) is 0.290. The largest absolute Gasteiger partial charge is 0.494 e. The maximum atomic E-state index is 13.4. The van der Waals surface area contributed by atoms with E-state index in [1.807, 2.05) is 66.7 Å². The predicted octanol–water partition coefficient (Wildman–Crippen LogP) is 7.04. The first-order chi connectivity index (χ1) is 20.0. The Balaban J connectivity index is 1.32. The van der Waals surface area contributed by atoms with Gasteiger partial charge in [-0.05, 0) is 54.5 Å². The molecule has 2 heterocycles. The highest BCUT2D eigenvalue weighted by atomic mass is 35.5. The van der Waals surface area contributed by atoms with Crippen LogP contribution in [0.5, 0.6) is 11.5 Å². The number of thioether (sulfide) groups is 1. The molecule has 0 aliphatic carbocycles. The zero-order chi connectivity index (χ0) is 28.6. The molecule has 5 rings (SSSR count). The third kappa shape index (κ3) is 8.03. The van der Waals surface area contributed by atoms with Gasteiger partial charge in [-0.2, -0.15) is 0 Å². The van der Waals surface area contributed by atoms with Gasteiger partial charge in [0.25, 0.3) is 5.91 Å². The molecule has 0 aromatic heterocycles. The van der Waals surface area contributed by atoms with Crippen molar-refractivity contribution < 1.29 is 19.0 Å². The van der Waals surface area contributed by atoms with E-state index in [9.17, 15) is 4.79 Å². The smallest absolute Gasteiger partial charge is 0.266 e. The molecule has 3 aromatic carbocycles. The Morgan fingerprint density at radius 1 is 0.951 bits per heavy atom. The molecule has 2 aliphatic heterocycles. The van der Waals surface area contributed by atoms with Gasteiger partial charge in [-0.3, -0.25) is 14.6 Å². The minimum absolute atomic E-state index is 0.117. The Labute approximate surface area is 260 Å². The van der Waals surface area contributed by atoms with Crippen LogP contribution in [0.15, 0.2) is 71.6 Å². The number of carbonyl (C=O) groups excluding carboxylic acids is 1. The van der Waals surface area contributed by atoms with Gasteiger partial charge in [-0.25, -0.2) is 0 Å². The predicted molar refractivity (Wildman–Crippen MR) is 171 cm³/mol. The van der Waals surface area contributed by atoms with Crippen LogP contribution in [0.1, 0.15) is 12.0 Å². The first-order valence-electron chi connectivity index (χ1n) is 13.4. The molecule has 0 bridgehead atoms. The van der Waals surface area contributed by atoms with Crippen molar-refractivity contribution in [2.24, 2.45) is 0 Å². The van der Waals surface area contributed by atoms with E-state index in [4.69, 9.17) is 49.6 Å². The number of ether oxygens (including phenoxy) is 3. The lowest BCUT2D eigenvalue weighted by Gasteiger charge is -2.26. The standard InChI is InChI=1S/C31H30Cl2N2O4S2/c32-24-8-9-26(27(33)21-24)22-7-10-28(39-18-14-34-12-16-37-17-13-34)23(19-22)20-29-30(36)35(31(40)41-29)11-4-15-38-25-5-2-1-3-6-25/h1-3,5-10,19-21H,4,11-18H2/b29-20-. The van der Waals surface area contributed by atoms with Gasteiger partial charge < -0.3 is 14.2 Å².